The second-order valence-electron chi connectivity index (χ2n) is 6.20. The predicted molar refractivity (Wildman–Crippen MR) is 98.8 cm³/mol. The van der Waals surface area contributed by atoms with Crippen LogP contribution in [0.25, 0.3) is 0 Å². The topological polar surface area (TPSA) is 46.6 Å². The highest BCUT2D eigenvalue weighted by molar-refractivity contribution is 6.52. The van der Waals surface area contributed by atoms with Gasteiger partial charge in [0.2, 0.25) is 0 Å². The molecule has 3 rings (SSSR count). The van der Waals surface area contributed by atoms with Crippen LogP contribution in [0.5, 0.6) is 5.75 Å². The fourth-order valence-electron chi connectivity index (χ4n) is 2.93. The molecule has 1 heterocycles. The molecular formula is C20H20ClNO3. The summed E-state index contributed by atoms with van der Waals surface area (Å²) in [6.45, 7) is 5.17. The summed E-state index contributed by atoms with van der Waals surface area (Å²) in [7, 11) is 0. The van der Waals surface area contributed by atoms with Crippen molar-refractivity contribution in [3.63, 3.8) is 0 Å². The summed E-state index contributed by atoms with van der Waals surface area (Å²) < 4.78 is 5.83. The van der Waals surface area contributed by atoms with Gasteiger partial charge in [0.1, 0.15) is 5.75 Å². The molecule has 5 heteroatoms. The van der Waals surface area contributed by atoms with E-state index in [1.807, 2.05) is 19.1 Å². The molecule has 0 atom stereocenters. The first-order chi connectivity index (χ1) is 12.0. The van der Waals surface area contributed by atoms with Crippen LogP contribution in [0.3, 0.4) is 0 Å². The predicted octanol–water partition coefficient (Wildman–Crippen LogP) is 4.35. The highest BCUT2D eigenvalue weighted by atomic mass is 35.5. The number of amides is 1. The van der Waals surface area contributed by atoms with Crippen molar-refractivity contribution in [3.05, 3.63) is 58.1 Å². The van der Waals surface area contributed by atoms with Gasteiger partial charge in [-0.2, -0.15) is 0 Å². The Bertz CT molecular complexity index is 832. The lowest BCUT2D eigenvalue weighted by atomic mass is 10.1. The molecule has 0 N–H and O–H groups in total. The minimum atomic E-state index is -0.482. The molecular weight excluding hydrogens is 338 g/mol. The molecule has 130 valence electrons. The number of carbonyl (C=O) groups is 2. The Morgan fingerprint density at radius 3 is 2.68 bits per heavy atom. The van der Waals surface area contributed by atoms with Crippen molar-refractivity contribution in [1.29, 1.82) is 0 Å². The lowest BCUT2D eigenvalue weighted by molar-refractivity contribution is -0.114. The minimum Gasteiger partial charge on any atom is -0.493 e. The first-order valence-electron chi connectivity index (χ1n) is 8.34. The monoisotopic (exact) mass is 357 g/mol. The molecule has 0 saturated carbocycles. The summed E-state index contributed by atoms with van der Waals surface area (Å²) in [5.74, 6) is -0.0655. The Morgan fingerprint density at radius 2 is 1.88 bits per heavy atom. The van der Waals surface area contributed by atoms with Crippen molar-refractivity contribution in [3.8, 4) is 5.75 Å². The Balaban J connectivity index is 1.54. The first kappa shape index (κ1) is 17.5. The highest BCUT2D eigenvalue weighted by Gasteiger charge is 2.35. The molecule has 25 heavy (non-hydrogen) atoms. The number of hydrogen-bond acceptors (Lipinski definition) is 3. The zero-order valence-electron chi connectivity index (χ0n) is 14.3. The molecule has 1 aliphatic heterocycles. The number of nitrogens with zero attached hydrogens (tertiary/aromatic N) is 1. The summed E-state index contributed by atoms with van der Waals surface area (Å²) in [4.78, 5) is 25.7. The third-order valence-electron chi connectivity index (χ3n) is 4.52. The maximum Gasteiger partial charge on any atom is 0.299 e. The molecule has 2 aromatic carbocycles. The standard InChI is InChI=1S/C20H20ClNO3/c1-13-6-5-7-18(14(13)2)25-11-4-3-10-22-17-9-8-15(21)12-16(17)19(23)20(22)24/h5-9,12H,3-4,10-11H2,1-2H3. The van der Waals surface area contributed by atoms with Crippen LogP contribution in [0.2, 0.25) is 5.02 Å². The average Bonchev–Trinajstić information content (AvgIpc) is 2.82. The number of ether oxygens (including phenoxy) is 1. The van der Waals surface area contributed by atoms with Gasteiger partial charge in [0.15, 0.2) is 0 Å². The fraction of sp³-hybridized carbons (Fsp3) is 0.300. The highest BCUT2D eigenvalue weighted by Crippen LogP contribution is 2.31. The molecule has 2 aromatic rings. The van der Waals surface area contributed by atoms with Crippen LogP contribution in [-0.2, 0) is 4.79 Å². The van der Waals surface area contributed by atoms with Crippen LogP contribution in [-0.4, -0.2) is 24.8 Å². The van der Waals surface area contributed by atoms with Crippen molar-refractivity contribution in [2.45, 2.75) is 26.7 Å². The first-order valence-corrected chi connectivity index (χ1v) is 8.71. The molecule has 0 fully saturated rings. The SMILES string of the molecule is Cc1cccc(OCCCCN2C(=O)C(=O)c3cc(Cl)ccc32)c1C. The second-order valence-corrected chi connectivity index (χ2v) is 6.64. The van der Waals surface area contributed by atoms with Crippen molar-refractivity contribution >= 4 is 29.0 Å². The number of fused-ring (bicyclic) bond motifs is 1. The van der Waals surface area contributed by atoms with Crippen LogP contribution >= 0.6 is 11.6 Å². The maximum atomic E-state index is 12.1. The number of ketones is 1. The van der Waals surface area contributed by atoms with E-state index in [-0.39, 0.29) is 0 Å². The average molecular weight is 358 g/mol. The lowest BCUT2D eigenvalue weighted by Crippen LogP contribution is -2.30. The van der Waals surface area contributed by atoms with Gasteiger partial charge >= 0.3 is 0 Å². The van der Waals surface area contributed by atoms with Gasteiger partial charge in [0.25, 0.3) is 11.7 Å². The van der Waals surface area contributed by atoms with Crippen LogP contribution in [0.1, 0.15) is 34.3 Å². The van der Waals surface area contributed by atoms with Crippen LogP contribution in [0.15, 0.2) is 36.4 Å². The fourth-order valence-corrected chi connectivity index (χ4v) is 3.10. The van der Waals surface area contributed by atoms with E-state index < -0.39 is 11.7 Å². The molecule has 1 aliphatic rings. The van der Waals surface area contributed by atoms with Gasteiger partial charge in [-0.05, 0) is 62.1 Å². The van der Waals surface area contributed by atoms with Crippen molar-refractivity contribution in [2.75, 3.05) is 18.1 Å². The number of aryl methyl sites for hydroxylation is 1. The normalized spacial score (nSPS) is 13.3. The number of hydrogen-bond donors (Lipinski definition) is 0. The minimum absolute atomic E-state index is 0.393. The van der Waals surface area contributed by atoms with Crippen LogP contribution in [0.4, 0.5) is 5.69 Å². The smallest absolute Gasteiger partial charge is 0.299 e. The molecule has 1 amide bonds. The summed E-state index contributed by atoms with van der Waals surface area (Å²) >= 11 is 5.91. The number of halogens is 1. The molecule has 0 spiro atoms. The molecule has 4 nitrogen and oxygen atoms in total. The summed E-state index contributed by atoms with van der Waals surface area (Å²) in [5.41, 5.74) is 3.39. The lowest BCUT2D eigenvalue weighted by Gasteiger charge is -2.16. The van der Waals surface area contributed by atoms with Crippen LogP contribution in [0, 0.1) is 13.8 Å². The molecule has 0 aromatic heterocycles. The molecule has 0 radical (unpaired) electrons. The van der Waals surface area contributed by atoms with Crippen molar-refractivity contribution in [2.24, 2.45) is 0 Å². The molecule has 0 aliphatic carbocycles. The third-order valence-corrected chi connectivity index (χ3v) is 4.76. The van der Waals surface area contributed by atoms with Gasteiger partial charge in [-0.3, -0.25) is 9.59 Å². The van der Waals surface area contributed by atoms with E-state index in [0.29, 0.717) is 29.4 Å². The molecule has 0 unspecified atom stereocenters. The Hall–Kier alpha value is -2.33. The third kappa shape index (κ3) is 3.54. The second kappa shape index (κ2) is 7.28. The van der Waals surface area contributed by atoms with Gasteiger partial charge in [-0.15, -0.1) is 0 Å². The zero-order chi connectivity index (χ0) is 18.0. The summed E-state index contributed by atoms with van der Waals surface area (Å²) in [6.07, 6.45) is 1.56. The van der Waals surface area contributed by atoms with Gasteiger partial charge in [0, 0.05) is 11.6 Å². The Kier molecular flexibility index (Phi) is 5.09. The van der Waals surface area contributed by atoms with E-state index in [1.54, 1.807) is 18.2 Å². The van der Waals surface area contributed by atoms with Crippen molar-refractivity contribution in [1.82, 2.24) is 0 Å². The van der Waals surface area contributed by atoms with E-state index in [4.69, 9.17) is 16.3 Å². The Labute approximate surface area is 152 Å². The quantitative estimate of drug-likeness (QED) is 0.570. The van der Waals surface area contributed by atoms with Crippen LogP contribution < -0.4 is 9.64 Å². The van der Waals surface area contributed by atoms with E-state index in [0.717, 1.165) is 24.2 Å². The molecule has 0 bridgehead atoms. The zero-order valence-corrected chi connectivity index (χ0v) is 15.1. The molecule has 0 saturated heterocycles. The maximum absolute atomic E-state index is 12.1. The number of carbonyl (C=O) groups excluding carboxylic acids is 2. The number of unbranched alkanes of at least 4 members (excludes halogenated alkanes) is 1. The van der Waals surface area contributed by atoms with Gasteiger partial charge < -0.3 is 9.64 Å². The number of benzene rings is 2. The summed E-state index contributed by atoms with van der Waals surface area (Å²) in [6, 6.07) is 11.0. The number of Topliss-reactive ketones (excluding diaryl/α,β-unsaturated/α-hetero) is 1. The largest absolute Gasteiger partial charge is 0.493 e. The Morgan fingerprint density at radius 1 is 1.08 bits per heavy atom. The van der Waals surface area contributed by atoms with E-state index in [9.17, 15) is 9.59 Å². The van der Waals surface area contributed by atoms with Gasteiger partial charge in [0.05, 0.1) is 17.9 Å². The van der Waals surface area contributed by atoms with E-state index in [1.165, 1.54) is 10.5 Å². The van der Waals surface area contributed by atoms with Crippen molar-refractivity contribution < 1.29 is 14.3 Å². The number of rotatable bonds is 6. The van der Waals surface area contributed by atoms with Gasteiger partial charge in [-0.25, -0.2) is 0 Å². The van der Waals surface area contributed by atoms with Gasteiger partial charge in [-0.1, -0.05) is 23.7 Å². The number of anilines is 1. The van der Waals surface area contributed by atoms with E-state index in [2.05, 4.69) is 13.0 Å². The van der Waals surface area contributed by atoms with E-state index >= 15 is 0 Å². The summed E-state index contributed by atoms with van der Waals surface area (Å²) in [5, 5.41) is 0.462.